The van der Waals surface area contributed by atoms with Crippen LogP contribution in [0, 0.1) is 0 Å². The molecule has 3 aromatic rings. The lowest BCUT2D eigenvalue weighted by Crippen LogP contribution is -2.45. The molecule has 0 bridgehead atoms. The number of hydrogen-bond donors (Lipinski definition) is 2. The second-order valence-electron chi connectivity index (χ2n) is 7.58. The first-order chi connectivity index (χ1) is 14.1. The van der Waals surface area contributed by atoms with Gasteiger partial charge < -0.3 is 19.8 Å². The summed E-state index contributed by atoms with van der Waals surface area (Å²) in [6, 6.07) is 13.8. The fraction of sp³-hybridized carbons (Fsp3) is 0.348. The van der Waals surface area contributed by atoms with Crippen LogP contribution in [0.5, 0.6) is 5.75 Å². The number of ether oxygens (including phenoxy) is 2. The molecule has 1 saturated heterocycles. The van der Waals surface area contributed by atoms with Crippen LogP contribution in [0.4, 0.5) is 0 Å². The first-order valence-corrected chi connectivity index (χ1v) is 10.2. The van der Waals surface area contributed by atoms with Gasteiger partial charge >= 0.3 is 0 Å². The fourth-order valence-electron chi connectivity index (χ4n) is 4.07. The van der Waals surface area contributed by atoms with Gasteiger partial charge in [0.25, 0.3) is 0 Å². The maximum absolute atomic E-state index is 12.8. The Balaban J connectivity index is 1.48. The van der Waals surface area contributed by atoms with Gasteiger partial charge in [0.2, 0.25) is 5.91 Å². The van der Waals surface area contributed by atoms with Crippen LogP contribution in [0.1, 0.15) is 24.0 Å². The van der Waals surface area contributed by atoms with Crippen molar-refractivity contribution in [3.05, 3.63) is 64.8 Å². The summed E-state index contributed by atoms with van der Waals surface area (Å²) in [4.78, 5) is 16.0. The average Bonchev–Trinajstić information content (AvgIpc) is 3.15. The Morgan fingerprint density at radius 2 is 1.97 bits per heavy atom. The molecule has 6 heteroatoms. The number of carbonyl (C=O) groups excluding carboxylic acids is 1. The first-order valence-electron chi connectivity index (χ1n) is 9.84. The minimum atomic E-state index is -0.123. The molecule has 0 atom stereocenters. The number of H-pyrrole nitrogens is 1. The van der Waals surface area contributed by atoms with Crippen molar-refractivity contribution in [3.8, 4) is 5.75 Å². The van der Waals surface area contributed by atoms with Crippen LogP contribution in [-0.2, 0) is 21.4 Å². The molecule has 0 radical (unpaired) electrons. The van der Waals surface area contributed by atoms with E-state index in [2.05, 4.69) is 22.4 Å². The molecule has 1 aliphatic rings. The summed E-state index contributed by atoms with van der Waals surface area (Å²) in [5.74, 6) is 0.788. The maximum Gasteiger partial charge on any atom is 0.224 e. The number of aromatic nitrogens is 1. The molecule has 1 amide bonds. The van der Waals surface area contributed by atoms with Crippen LogP contribution >= 0.6 is 11.6 Å². The van der Waals surface area contributed by atoms with Gasteiger partial charge in [-0.2, -0.15) is 0 Å². The summed E-state index contributed by atoms with van der Waals surface area (Å²) in [7, 11) is 1.64. The van der Waals surface area contributed by atoms with E-state index in [4.69, 9.17) is 21.1 Å². The first kappa shape index (κ1) is 19.8. The van der Waals surface area contributed by atoms with Crippen LogP contribution in [0.15, 0.2) is 48.7 Å². The van der Waals surface area contributed by atoms with E-state index < -0.39 is 0 Å². The number of carbonyl (C=O) groups is 1. The Morgan fingerprint density at radius 1 is 1.21 bits per heavy atom. The van der Waals surface area contributed by atoms with Gasteiger partial charge in [0, 0.05) is 47.3 Å². The number of benzene rings is 2. The molecule has 2 N–H and O–H groups in total. The second-order valence-corrected chi connectivity index (χ2v) is 8.01. The van der Waals surface area contributed by atoms with Gasteiger partial charge in [-0.25, -0.2) is 0 Å². The summed E-state index contributed by atoms with van der Waals surface area (Å²) in [5, 5.41) is 4.89. The SMILES string of the molecule is COc1ccc2[nH]cc(CC(=O)NCC3(c4ccc(Cl)cc4)CCOCC3)c2c1. The highest BCUT2D eigenvalue weighted by atomic mass is 35.5. The molecule has 0 unspecified atom stereocenters. The van der Waals surface area contributed by atoms with Gasteiger partial charge in [-0.1, -0.05) is 23.7 Å². The third kappa shape index (κ3) is 4.26. The van der Waals surface area contributed by atoms with Gasteiger partial charge in [-0.3, -0.25) is 4.79 Å². The number of nitrogens with one attached hydrogen (secondary N) is 2. The summed E-state index contributed by atoms with van der Waals surface area (Å²) in [6.07, 6.45) is 3.96. The molecule has 0 aliphatic carbocycles. The third-order valence-corrected chi connectivity index (χ3v) is 6.11. The topological polar surface area (TPSA) is 63.4 Å². The molecule has 1 aliphatic heterocycles. The lowest BCUT2D eigenvalue weighted by atomic mass is 9.74. The van der Waals surface area contributed by atoms with Gasteiger partial charge in [-0.15, -0.1) is 0 Å². The zero-order valence-electron chi connectivity index (χ0n) is 16.5. The number of aromatic amines is 1. The van der Waals surface area contributed by atoms with Crippen molar-refractivity contribution in [2.24, 2.45) is 0 Å². The van der Waals surface area contributed by atoms with Gasteiger partial charge in [0.05, 0.1) is 13.5 Å². The number of halogens is 1. The standard InChI is InChI=1S/C23H25ClN2O3/c1-28-19-6-7-21-20(13-19)16(14-25-21)12-22(27)26-15-23(8-10-29-11-9-23)17-2-4-18(24)5-3-17/h2-7,13-14,25H,8-12,15H2,1H3,(H,26,27). The van der Waals surface area contributed by atoms with Crippen LogP contribution < -0.4 is 10.1 Å². The molecule has 2 heterocycles. The molecule has 29 heavy (non-hydrogen) atoms. The number of methoxy groups -OCH3 is 1. The van der Waals surface area contributed by atoms with Crippen molar-refractivity contribution >= 4 is 28.4 Å². The van der Waals surface area contributed by atoms with E-state index in [0.29, 0.717) is 26.2 Å². The van der Waals surface area contributed by atoms with E-state index in [1.54, 1.807) is 7.11 Å². The number of amides is 1. The molecule has 0 spiro atoms. The van der Waals surface area contributed by atoms with E-state index >= 15 is 0 Å². The largest absolute Gasteiger partial charge is 0.497 e. The third-order valence-electron chi connectivity index (χ3n) is 5.86. The molecule has 1 fully saturated rings. The zero-order chi connectivity index (χ0) is 20.3. The maximum atomic E-state index is 12.8. The zero-order valence-corrected chi connectivity index (χ0v) is 17.2. The molecule has 1 aromatic heterocycles. The predicted octanol–water partition coefficient (Wildman–Crippen LogP) is 4.24. The lowest BCUT2D eigenvalue weighted by Gasteiger charge is -2.38. The Hall–Kier alpha value is -2.50. The molecule has 152 valence electrons. The highest BCUT2D eigenvalue weighted by Crippen LogP contribution is 2.35. The number of hydrogen-bond acceptors (Lipinski definition) is 3. The van der Waals surface area contributed by atoms with Crippen molar-refractivity contribution in [1.29, 1.82) is 0 Å². The van der Waals surface area contributed by atoms with Gasteiger partial charge in [0.15, 0.2) is 0 Å². The van der Waals surface area contributed by atoms with Crippen molar-refractivity contribution in [2.75, 3.05) is 26.9 Å². The van der Waals surface area contributed by atoms with E-state index in [1.807, 2.05) is 36.5 Å². The molecular formula is C23H25ClN2O3. The Bertz CT molecular complexity index is 991. The average molecular weight is 413 g/mol. The van der Waals surface area contributed by atoms with Crippen LogP contribution in [0.2, 0.25) is 5.02 Å². The van der Waals surface area contributed by atoms with Crippen molar-refractivity contribution in [2.45, 2.75) is 24.7 Å². The predicted molar refractivity (Wildman–Crippen MR) is 115 cm³/mol. The van der Waals surface area contributed by atoms with E-state index in [9.17, 15) is 4.79 Å². The van der Waals surface area contributed by atoms with Crippen molar-refractivity contribution in [1.82, 2.24) is 10.3 Å². The number of fused-ring (bicyclic) bond motifs is 1. The summed E-state index contributed by atoms with van der Waals surface area (Å²) >= 11 is 6.07. The highest BCUT2D eigenvalue weighted by Gasteiger charge is 2.34. The molecular weight excluding hydrogens is 388 g/mol. The van der Waals surface area contributed by atoms with Crippen LogP contribution in [-0.4, -0.2) is 37.8 Å². The minimum Gasteiger partial charge on any atom is -0.497 e. The van der Waals surface area contributed by atoms with Crippen LogP contribution in [0.25, 0.3) is 10.9 Å². The smallest absolute Gasteiger partial charge is 0.224 e. The van der Waals surface area contributed by atoms with Crippen molar-refractivity contribution < 1.29 is 14.3 Å². The molecule has 0 saturated carbocycles. The Kier molecular flexibility index (Phi) is 5.79. The summed E-state index contributed by atoms with van der Waals surface area (Å²) < 4.78 is 10.9. The second kappa shape index (κ2) is 8.47. The minimum absolute atomic E-state index is 0.00792. The molecule has 4 rings (SSSR count). The lowest BCUT2D eigenvalue weighted by molar-refractivity contribution is -0.120. The monoisotopic (exact) mass is 412 g/mol. The highest BCUT2D eigenvalue weighted by molar-refractivity contribution is 6.30. The number of rotatable bonds is 6. The van der Waals surface area contributed by atoms with E-state index in [1.165, 1.54) is 5.56 Å². The normalized spacial score (nSPS) is 15.9. The van der Waals surface area contributed by atoms with Crippen LogP contribution in [0.3, 0.4) is 0 Å². The van der Waals surface area contributed by atoms with E-state index in [-0.39, 0.29) is 11.3 Å². The molecule has 2 aromatic carbocycles. The fourth-order valence-corrected chi connectivity index (χ4v) is 4.19. The summed E-state index contributed by atoms with van der Waals surface area (Å²) in [6.45, 7) is 1.98. The Morgan fingerprint density at radius 3 is 2.69 bits per heavy atom. The van der Waals surface area contributed by atoms with Gasteiger partial charge in [-0.05, 0) is 54.3 Å². The summed E-state index contributed by atoms with van der Waals surface area (Å²) in [5.41, 5.74) is 3.03. The van der Waals surface area contributed by atoms with Crippen molar-refractivity contribution in [3.63, 3.8) is 0 Å². The van der Waals surface area contributed by atoms with E-state index in [0.717, 1.165) is 40.1 Å². The van der Waals surface area contributed by atoms with Gasteiger partial charge in [0.1, 0.15) is 5.75 Å². The quantitative estimate of drug-likeness (QED) is 0.636. The Labute approximate surface area is 175 Å². The molecule has 5 nitrogen and oxygen atoms in total.